The Hall–Kier alpha value is -0.320. The highest BCUT2D eigenvalue weighted by atomic mass is 17.9. The zero-order valence-corrected chi connectivity index (χ0v) is 11.7. The molecule has 0 aromatic carbocycles. The van der Waals surface area contributed by atoms with E-state index in [0.29, 0.717) is 6.61 Å². The van der Waals surface area contributed by atoms with Crippen LogP contribution in [0.25, 0.3) is 0 Å². The molecule has 0 radical (unpaired) electrons. The lowest BCUT2D eigenvalue weighted by molar-refractivity contribution is -0.812. The molecule has 0 aromatic rings. The smallest absolute Gasteiger partial charge is 0.0855 e. The van der Waals surface area contributed by atoms with Crippen molar-refractivity contribution in [3.63, 3.8) is 0 Å². The summed E-state index contributed by atoms with van der Waals surface area (Å²) in [5.41, 5.74) is 0. The van der Waals surface area contributed by atoms with Gasteiger partial charge >= 0.3 is 0 Å². The summed E-state index contributed by atoms with van der Waals surface area (Å²) in [6, 6.07) is 0. The highest BCUT2D eigenvalue weighted by Crippen LogP contribution is 2.19. The Kier molecular flexibility index (Phi) is 13.9. The highest BCUT2D eigenvalue weighted by Gasteiger charge is 2.06. The monoisotopic (exact) mass is 284 g/mol. The number of rotatable bonds is 14. The fourth-order valence-electron chi connectivity index (χ4n) is 1.73. The molecule has 0 saturated carbocycles. The van der Waals surface area contributed by atoms with Gasteiger partial charge < -0.3 is 0 Å². The van der Waals surface area contributed by atoms with E-state index in [0.717, 1.165) is 31.1 Å². The molecule has 0 spiro atoms. The summed E-state index contributed by atoms with van der Waals surface area (Å²) in [5, 5.41) is 29.4. The second kappa shape index (κ2) is 14.1. The third kappa shape index (κ3) is 13.9. The maximum atomic E-state index is 7.63. The fourth-order valence-corrected chi connectivity index (χ4v) is 1.73. The van der Waals surface area contributed by atoms with E-state index >= 15 is 0 Å². The molecule has 2 atom stereocenters. The van der Waals surface area contributed by atoms with Gasteiger partial charge in [0.15, 0.2) is 0 Å². The van der Waals surface area contributed by atoms with E-state index in [1.54, 1.807) is 0 Å². The zero-order valence-electron chi connectivity index (χ0n) is 11.7. The van der Waals surface area contributed by atoms with Gasteiger partial charge in [-0.2, -0.15) is 0 Å². The SMILES string of the molecule is CCC(C)C[C@H](C)CCCCOOOOOOOO. The van der Waals surface area contributed by atoms with Crippen molar-refractivity contribution in [1.82, 2.24) is 0 Å². The summed E-state index contributed by atoms with van der Waals surface area (Å²) >= 11 is 0. The highest BCUT2D eigenvalue weighted by molar-refractivity contribution is 4.58. The Labute approximate surface area is 112 Å². The normalized spacial score (nSPS) is 14.5. The number of hydrogen-bond acceptors (Lipinski definition) is 8. The van der Waals surface area contributed by atoms with E-state index < -0.39 is 0 Å². The van der Waals surface area contributed by atoms with E-state index in [2.05, 4.69) is 55.9 Å². The predicted octanol–water partition coefficient (Wildman–Crippen LogP) is 3.31. The van der Waals surface area contributed by atoms with Crippen molar-refractivity contribution in [3.05, 3.63) is 0 Å². The number of unbranched alkanes of at least 4 members (excludes halogenated alkanes) is 1. The van der Waals surface area contributed by atoms with Gasteiger partial charge in [0, 0.05) is 0 Å². The summed E-state index contributed by atoms with van der Waals surface area (Å²) in [7, 11) is 0. The predicted molar refractivity (Wildman–Crippen MR) is 62.2 cm³/mol. The molecule has 1 unspecified atom stereocenters. The summed E-state index contributed by atoms with van der Waals surface area (Å²) in [6.07, 6.45) is 5.56. The van der Waals surface area contributed by atoms with Crippen molar-refractivity contribution >= 4 is 0 Å². The Balaban J connectivity index is 3.13. The summed E-state index contributed by atoms with van der Waals surface area (Å²) < 4.78 is 0. The fraction of sp³-hybridized carbons (Fsp3) is 1.00. The molecule has 8 heteroatoms. The first-order valence-electron chi connectivity index (χ1n) is 6.47. The Morgan fingerprint density at radius 1 is 0.895 bits per heavy atom. The minimum absolute atomic E-state index is 0.372. The molecule has 1 N–H and O–H groups in total. The lowest BCUT2D eigenvalue weighted by Crippen LogP contribution is -2.04. The van der Waals surface area contributed by atoms with Gasteiger partial charge in [0.05, 0.1) is 6.61 Å². The molecular formula is C11H24O8. The van der Waals surface area contributed by atoms with Gasteiger partial charge in [-0.15, -0.1) is 0 Å². The van der Waals surface area contributed by atoms with Crippen LogP contribution in [0.15, 0.2) is 0 Å². The largest absolute Gasteiger partial charge is 0.219 e. The van der Waals surface area contributed by atoms with Crippen molar-refractivity contribution in [2.75, 3.05) is 6.61 Å². The van der Waals surface area contributed by atoms with E-state index in [4.69, 9.17) is 5.26 Å². The van der Waals surface area contributed by atoms with E-state index in [9.17, 15) is 0 Å². The molecular weight excluding hydrogens is 260 g/mol. The minimum Gasteiger partial charge on any atom is -0.219 e. The lowest BCUT2D eigenvalue weighted by Gasteiger charge is -2.15. The van der Waals surface area contributed by atoms with Crippen molar-refractivity contribution in [2.24, 2.45) is 11.8 Å². The van der Waals surface area contributed by atoms with E-state index in [1.807, 2.05) is 0 Å². The maximum absolute atomic E-state index is 7.63. The van der Waals surface area contributed by atoms with Crippen molar-refractivity contribution < 1.29 is 40.4 Å². The molecule has 8 nitrogen and oxygen atoms in total. The lowest BCUT2D eigenvalue weighted by atomic mass is 9.92. The first-order chi connectivity index (χ1) is 9.20. The van der Waals surface area contributed by atoms with Crippen LogP contribution in [0, 0.1) is 11.8 Å². The van der Waals surface area contributed by atoms with E-state index in [-0.39, 0.29) is 0 Å². The molecule has 0 amide bonds. The van der Waals surface area contributed by atoms with Gasteiger partial charge in [-0.3, -0.25) is 0 Å². The molecule has 0 fully saturated rings. The molecule has 0 aliphatic carbocycles. The van der Waals surface area contributed by atoms with Gasteiger partial charge in [-0.05, 0) is 54.9 Å². The van der Waals surface area contributed by atoms with Crippen LogP contribution >= 0.6 is 0 Å². The average molecular weight is 284 g/mol. The third-order valence-corrected chi connectivity index (χ3v) is 2.87. The van der Waals surface area contributed by atoms with Crippen LogP contribution in [0.4, 0.5) is 0 Å². The first-order valence-corrected chi connectivity index (χ1v) is 6.47. The second-order valence-corrected chi connectivity index (χ2v) is 4.59. The van der Waals surface area contributed by atoms with Gasteiger partial charge in [0.1, 0.15) is 0 Å². The first kappa shape index (κ1) is 18.7. The molecule has 0 aliphatic heterocycles. The molecule has 19 heavy (non-hydrogen) atoms. The van der Waals surface area contributed by atoms with Crippen LogP contribution in [-0.4, -0.2) is 11.9 Å². The van der Waals surface area contributed by atoms with Gasteiger partial charge in [0.25, 0.3) is 0 Å². The minimum atomic E-state index is 0.372. The summed E-state index contributed by atoms with van der Waals surface area (Å²) in [4.78, 5) is 4.61. The van der Waals surface area contributed by atoms with E-state index in [1.165, 1.54) is 12.8 Å². The van der Waals surface area contributed by atoms with Crippen LogP contribution in [-0.2, 0) is 35.1 Å². The topological polar surface area (TPSA) is 84.8 Å². The summed E-state index contributed by atoms with van der Waals surface area (Å²) in [5.74, 6) is 1.50. The second-order valence-electron chi connectivity index (χ2n) is 4.59. The third-order valence-electron chi connectivity index (χ3n) is 2.87. The molecule has 0 aliphatic rings. The molecule has 116 valence electrons. The zero-order chi connectivity index (χ0) is 14.3. The number of hydrogen-bond donors (Lipinski definition) is 1. The quantitative estimate of drug-likeness (QED) is 0.295. The van der Waals surface area contributed by atoms with Crippen molar-refractivity contribution in [2.45, 2.75) is 52.9 Å². The molecule has 0 heterocycles. The van der Waals surface area contributed by atoms with Crippen LogP contribution in [0.2, 0.25) is 0 Å². The van der Waals surface area contributed by atoms with Crippen molar-refractivity contribution in [1.29, 1.82) is 0 Å². The Bertz CT molecular complexity index is 180. The molecule has 0 aromatic heterocycles. The summed E-state index contributed by atoms with van der Waals surface area (Å²) in [6.45, 7) is 7.13. The molecule has 0 rings (SSSR count). The van der Waals surface area contributed by atoms with Crippen molar-refractivity contribution in [3.8, 4) is 0 Å². The van der Waals surface area contributed by atoms with Crippen LogP contribution in [0.1, 0.15) is 52.9 Å². The Morgan fingerprint density at radius 3 is 2.26 bits per heavy atom. The average Bonchev–Trinajstić information content (AvgIpc) is 2.40. The molecule has 0 bridgehead atoms. The maximum Gasteiger partial charge on any atom is 0.0855 e. The molecule has 0 saturated heterocycles. The van der Waals surface area contributed by atoms with Crippen LogP contribution < -0.4 is 0 Å². The standard InChI is InChI=1S/C11H24O8/c1-4-10(2)9-11(3)7-5-6-8-13-15-17-19-18-16-14-12/h10-12H,4-9H2,1-3H3/t10?,11-/m1/s1. The van der Waals surface area contributed by atoms with Crippen LogP contribution in [0.3, 0.4) is 0 Å². The van der Waals surface area contributed by atoms with Gasteiger partial charge in [-0.25, -0.2) is 10.1 Å². The van der Waals surface area contributed by atoms with Crippen LogP contribution in [0.5, 0.6) is 0 Å². The Morgan fingerprint density at radius 2 is 1.58 bits per heavy atom. The van der Waals surface area contributed by atoms with Gasteiger partial charge in [-0.1, -0.05) is 40.0 Å². The van der Waals surface area contributed by atoms with Gasteiger partial charge in [0.2, 0.25) is 0 Å².